The van der Waals surface area contributed by atoms with Gasteiger partial charge in [-0.3, -0.25) is 19.1 Å². The van der Waals surface area contributed by atoms with Gasteiger partial charge in [-0.25, -0.2) is 9.18 Å². The lowest BCUT2D eigenvalue weighted by atomic mass is 10.2. The third-order valence-corrected chi connectivity index (χ3v) is 3.88. The maximum Gasteiger partial charge on any atom is 0.330 e. The second-order valence-electron chi connectivity index (χ2n) is 5.78. The first kappa shape index (κ1) is 19.2. The summed E-state index contributed by atoms with van der Waals surface area (Å²) >= 11 is 0. The molecule has 0 aliphatic rings. The first-order valence-electron chi connectivity index (χ1n) is 8.19. The van der Waals surface area contributed by atoms with Gasteiger partial charge in [0.05, 0.1) is 0 Å². The molecule has 0 bridgehead atoms. The number of amides is 1. The van der Waals surface area contributed by atoms with Crippen LogP contribution in [-0.4, -0.2) is 22.5 Å². The van der Waals surface area contributed by atoms with Crippen molar-refractivity contribution in [2.24, 2.45) is 0 Å². The number of rotatable bonds is 6. The average Bonchev–Trinajstić information content (AvgIpc) is 2.59. The third-order valence-electron chi connectivity index (χ3n) is 3.88. The molecule has 0 spiro atoms. The number of hydrogen-bond donors (Lipinski definition) is 2. The van der Waals surface area contributed by atoms with Gasteiger partial charge in [-0.15, -0.1) is 0 Å². The Bertz CT molecular complexity index is 946. The van der Waals surface area contributed by atoms with E-state index in [2.05, 4.69) is 4.98 Å². The molecule has 0 aliphatic carbocycles. The van der Waals surface area contributed by atoms with E-state index in [9.17, 15) is 18.8 Å². The largest absolute Gasteiger partial charge is 0.383 e. The number of benzene rings is 1. The Hall–Kier alpha value is -3.16. The molecule has 2 aromatic rings. The number of carbonyl (C=O) groups is 1. The van der Waals surface area contributed by atoms with Crippen LogP contribution in [0.5, 0.6) is 0 Å². The van der Waals surface area contributed by atoms with Crippen LogP contribution in [0.3, 0.4) is 0 Å². The van der Waals surface area contributed by atoms with Crippen molar-refractivity contribution in [3.8, 4) is 0 Å². The van der Waals surface area contributed by atoms with Gasteiger partial charge in [0.15, 0.2) is 5.69 Å². The minimum absolute atomic E-state index is 0.0674. The molecule has 138 valence electrons. The molecule has 1 aromatic carbocycles. The number of aromatic amines is 1. The number of anilines is 2. The standard InChI is InChI=1S/C18H21FN4O3/c1-3-4-10-23-16(20)15(17(25)21-18(23)26)22(2)14(24)9-8-12-6-5-7-13(19)11-12/h5-9,11H,3-4,10,20H2,1-2H3,(H,21,25,26)/b9-8+. The predicted molar refractivity (Wildman–Crippen MR) is 99.5 cm³/mol. The number of unbranched alkanes of at least 4 members (excludes halogenated alkanes) is 1. The second-order valence-corrected chi connectivity index (χ2v) is 5.78. The first-order chi connectivity index (χ1) is 12.3. The van der Waals surface area contributed by atoms with Crippen LogP contribution >= 0.6 is 0 Å². The topological polar surface area (TPSA) is 101 Å². The van der Waals surface area contributed by atoms with E-state index in [0.717, 1.165) is 11.3 Å². The first-order valence-corrected chi connectivity index (χ1v) is 8.19. The fraction of sp³-hybridized carbons (Fsp3) is 0.278. The van der Waals surface area contributed by atoms with E-state index in [-0.39, 0.29) is 11.5 Å². The predicted octanol–water partition coefficient (Wildman–Crippen LogP) is 1.73. The van der Waals surface area contributed by atoms with Crippen LogP contribution in [0.2, 0.25) is 0 Å². The van der Waals surface area contributed by atoms with Crippen molar-refractivity contribution in [1.82, 2.24) is 9.55 Å². The van der Waals surface area contributed by atoms with Crippen LogP contribution in [0.15, 0.2) is 39.9 Å². The van der Waals surface area contributed by atoms with Crippen LogP contribution in [0.25, 0.3) is 6.08 Å². The van der Waals surface area contributed by atoms with Gasteiger partial charge >= 0.3 is 5.69 Å². The minimum atomic E-state index is -0.741. The van der Waals surface area contributed by atoms with E-state index >= 15 is 0 Å². The molecule has 0 saturated carbocycles. The molecule has 1 heterocycles. The van der Waals surface area contributed by atoms with Gasteiger partial charge in [0.2, 0.25) is 0 Å². The maximum atomic E-state index is 13.2. The van der Waals surface area contributed by atoms with Gasteiger partial charge in [-0.05, 0) is 30.2 Å². The number of hydrogen-bond acceptors (Lipinski definition) is 4. The van der Waals surface area contributed by atoms with Crippen LogP contribution in [0.4, 0.5) is 15.9 Å². The SMILES string of the molecule is CCCCn1c(N)c(N(C)C(=O)/C=C/c2cccc(F)c2)c(=O)[nH]c1=O. The van der Waals surface area contributed by atoms with Crippen molar-refractivity contribution in [3.63, 3.8) is 0 Å². The maximum absolute atomic E-state index is 13.2. The Morgan fingerprint density at radius 3 is 2.77 bits per heavy atom. The van der Waals surface area contributed by atoms with E-state index in [4.69, 9.17) is 5.73 Å². The van der Waals surface area contributed by atoms with E-state index in [1.54, 1.807) is 6.07 Å². The molecule has 26 heavy (non-hydrogen) atoms. The fourth-order valence-electron chi connectivity index (χ4n) is 2.44. The molecule has 0 radical (unpaired) electrons. The molecule has 0 saturated heterocycles. The number of nitrogens with zero attached hydrogens (tertiary/aromatic N) is 2. The summed E-state index contributed by atoms with van der Waals surface area (Å²) in [5, 5.41) is 0. The van der Waals surface area contributed by atoms with Crippen molar-refractivity contribution in [3.05, 3.63) is 62.6 Å². The Balaban J connectivity index is 2.33. The zero-order chi connectivity index (χ0) is 19.3. The van der Waals surface area contributed by atoms with Crippen molar-refractivity contribution >= 4 is 23.5 Å². The summed E-state index contributed by atoms with van der Waals surface area (Å²) < 4.78 is 14.4. The molecule has 8 heteroatoms. The molecular formula is C18H21FN4O3. The van der Waals surface area contributed by atoms with Gasteiger partial charge in [0.25, 0.3) is 11.5 Å². The molecule has 0 unspecified atom stereocenters. The number of aromatic nitrogens is 2. The third kappa shape index (κ3) is 4.27. The average molecular weight is 360 g/mol. The van der Waals surface area contributed by atoms with Gasteiger partial charge in [0.1, 0.15) is 11.6 Å². The number of halogens is 1. The summed E-state index contributed by atoms with van der Waals surface area (Å²) in [5.41, 5.74) is 5.02. The smallest absolute Gasteiger partial charge is 0.330 e. The highest BCUT2D eigenvalue weighted by Crippen LogP contribution is 2.16. The van der Waals surface area contributed by atoms with Crippen LogP contribution in [0.1, 0.15) is 25.3 Å². The Morgan fingerprint density at radius 1 is 1.38 bits per heavy atom. The molecule has 1 aromatic heterocycles. The normalized spacial score (nSPS) is 11.0. The summed E-state index contributed by atoms with van der Waals surface area (Å²) in [4.78, 5) is 39.7. The molecule has 0 fully saturated rings. The molecule has 2 rings (SSSR count). The lowest BCUT2D eigenvalue weighted by Crippen LogP contribution is -2.38. The van der Waals surface area contributed by atoms with E-state index in [1.807, 2.05) is 6.92 Å². The number of carbonyl (C=O) groups excluding carboxylic acids is 1. The number of nitrogen functional groups attached to an aromatic ring is 1. The number of likely N-dealkylation sites (N-methyl/N-ethyl adjacent to an activating group) is 1. The summed E-state index contributed by atoms with van der Waals surface area (Å²) in [7, 11) is 1.38. The van der Waals surface area contributed by atoms with Crippen LogP contribution < -0.4 is 21.9 Å². The summed E-state index contributed by atoms with van der Waals surface area (Å²) in [6.45, 7) is 2.30. The van der Waals surface area contributed by atoms with Gasteiger partial charge in [-0.1, -0.05) is 25.5 Å². The molecule has 0 aliphatic heterocycles. The molecule has 7 nitrogen and oxygen atoms in total. The second kappa shape index (κ2) is 8.28. The highest BCUT2D eigenvalue weighted by molar-refractivity contribution is 6.04. The van der Waals surface area contributed by atoms with Crippen molar-refractivity contribution in [1.29, 1.82) is 0 Å². The quantitative estimate of drug-likeness (QED) is 0.766. The highest BCUT2D eigenvalue weighted by Gasteiger charge is 2.19. The molecule has 1 amide bonds. The number of nitrogens with two attached hydrogens (primary N) is 1. The number of nitrogens with one attached hydrogen (secondary N) is 1. The van der Waals surface area contributed by atoms with Gasteiger partial charge in [-0.2, -0.15) is 0 Å². The Morgan fingerprint density at radius 2 is 2.12 bits per heavy atom. The monoisotopic (exact) mass is 360 g/mol. The zero-order valence-electron chi connectivity index (χ0n) is 14.7. The summed E-state index contributed by atoms with van der Waals surface area (Å²) in [6.07, 6.45) is 4.17. The Kier molecular flexibility index (Phi) is 6.11. The molecule has 3 N–H and O–H groups in total. The van der Waals surface area contributed by atoms with E-state index in [1.165, 1.54) is 42.0 Å². The van der Waals surface area contributed by atoms with Gasteiger partial charge in [0, 0.05) is 19.7 Å². The lowest BCUT2D eigenvalue weighted by Gasteiger charge is -2.19. The molecular weight excluding hydrogens is 339 g/mol. The van der Waals surface area contributed by atoms with Crippen molar-refractivity contribution < 1.29 is 9.18 Å². The number of H-pyrrole nitrogens is 1. The molecule has 0 atom stereocenters. The summed E-state index contributed by atoms with van der Waals surface area (Å²) in [6, 6.07) is 5.73. The van der Waals surface area contributed by atoms with Gasteiger partial charge < -0.3 is 10.6 Å². The zero-order valence-corrected chi connectivity index (χ0v) is 14.7. The summed E-state index contributed by atoms with van der Waals surface area (Å²) in [5.74, 6) is -1.02. The van der Waals surface area contributed by atoms with E-state index < -0.39 is 23.0 Å². The minimum Gasteiger partial charge on any atom is -0.383 e. The Labute approximate surface area is 149 Å². The van der Waals surface area contributed by atoms with Crippen molar-refractivity contribution in [2.45, 2.75) is 26.3 Å². The lowest BCUT2D eigenvalue weighted by molar-refractivity contribution is -0.113. The van der Waals surface area contributed by atoms with Crippen LogP contribution in [-0.2, 0) is 11.3 Å². The van der Waals surface area contributed by atoms with E-state index in [0.29, 0.717) is 18.5 Å². The fourth-order valence-corrected chi connectivity index (χ4v) is 2.44. The van der Waals surface area contributed by atoms with Crippen LogP contribution in [0, 0.1) is 5.82 Å². The highest BCUT2D eigenvalue weighted by atomic mass is 19.1. The van der Waals surface area contributed by atoms with Crippen molar-refractivity contribution in [2.75, 3.05) is 17.7 Å².